The van der Waals surface area contributed by atoms with Crippen LogP contribution in [-0.2, 0) is 10.0 Å². The Kier molecular flexibility index (Phi) is 4.63. The van der Waals surface area contributed by atoms with Crippen LogP contribution in [0.2, 0.25) is 0 Å². The molecule has 1 unspecified atom stereocenters. The molecular weight excluding hydrogens is 286 g/mol. The van der Waals surface area contributed by atoms with E-state index in [1.807, 2.05) is 39.0 Å². The zero-order valence-corrected chi connectivity index (χ0v) is 13.9. The summed E-state index contributed by atoms with van der Waals surface area (Å²) in [6.45, 7) is 6.58. The average Bonchev–Trinajstić information content (AvgIpc) is 2.56. The highest BCUT2D eigenvalue weighted by Gasteiger charge is 2.29. The largest absolute Gasteiger partial charge is 0.388 e. The third-order valence-corrected chi connectivity index (χ3v) is 5.62. The minimum Gasteiger partial charge on any atom is -0.388 e. The standard InChI is InChI=1S/C16H25NO3S/c1-16(2,3)10-12-21(19,20)17-11-6-9-15(18)13-7-4-5-8-14(13)17/h4-5,7-8,15,18H,6,9-12H2,1-3H3. The van der Waals surface area contributed by atoms with Gasteiger partial charge < -0.3 is 5.11 Å². The van der Waals surface area contributed by atoms with Crippen LogP contribution >= 0.6 is 0 Å². The molecule has 1 atom stereocenters. The normalized spacial score (nSPS) is 20.0. The van der Waals surface area contributed by atoms with Gasteiger partial charge >= 0.3 is 0 Å². The molecule has 1 aliphatic rings. The van der Waals surface area contributed by atoms with Gasteiger partial charge in [0.25, 0.3) is 0 Å². The number of rotatable bonds is 3. The van der Waals surface area contributed by atoms with E-state index in [0.717, 1.165) is 0 Å². The minimum absolute atomic E-state index is 0.0159. The molecule has 2 rings (SSSR count). The van der Waals surface area contributed by atoms with Gasteiger partial charge in [-0.25, -0.2) is 8.42 Å². The van der Waals surface area contributed by atoms with E-state index in [1.165, 1.54) is 4.31 Å². The fourth-order valence-electron chi connectivity index (χ4n) is 2.53. The van der Waals surface area contributed by atoms with Crippen LogP contribution in [0, 0.1) is 5.41 Å². The first-order valence-electron chi connectivity index (χ1n) is 7.48. The summed E-state index contributed by atoms with van der Waals surface area (Å²) in [5, 5.41) is 10.2. The van der Waals surface area contributed by atoms with Crippen molar-refractivity contribution in [2.24, 2.45) is 5.41 Å². The van der Waals surface area contributed by atoms with Gasteiger partial charge in [-0.05, 0) is 30.7 Å². The molecule has 0 radical (unpaired) electrons. The van der Waals surface area contributed by atoms with E-state index in [4.69, 9.17) is 0 Å². The Labute approximate surface area is 127 Å². The van der Waals surface area contributed by atoms with Gasteiger partial charge in [-0.15, -0.1) is 0 Å². The molecule has 21 heavy (non-hydrogen) atoms. The fraction of sp³-hybridized carbons (Fsp3) is 0.625. The Morgan fingerprint density at radius 1 is 1.29 bits per heavy atom. The van der Waals surface area contributed by atoms with Crippen molar-refractivity contribution in [3.63, 3.8) is 0 Å². The van der Waals surface area contributed by atoms with E-state index in [1.54, 1.807) is 6.07 Å². The molecule has 0 saturated carbocycles. The third-order valence-electron chi connectivity index (χ3n) is 3.85. The van der Waals surface area contributed by atoms with Crippen LogP contribution in [0.15, 0.2) is 24.3 Å². The van der Waals surface area contributed by atoms with E-state index in [0.29, 0.717) is 37.1 Å². The van der Waals surface area contributed by atoms with Gasteiger partial charge in [-0.3, -0.25) is 4.31 Å². The molecule has 0 bridgehead atoms. The molecule has 0 aromatic heterocycles. The lowest BCUT2D eigenvalue weighted by molar-refractivity contribution is 0.168. The quantitative estimate of drug-likeness (QED) is 0.933. The molecule has 0 amide bonds. The molecular formula is C16H25NO3S. The summed E-state index contributed by atoms with van der Waals surface area (Å²) >= 11 is 0. The van der Waals surface area contributed by atoms with Crippen molar-refractivity contribution >= 4 is 15.7 Å². The lowest BCUT2D eigenvalue weighted by Crippen LogP contribution is -2.35. The number of benzene rings is 1. The molecule has 5 heteroatoms. The first-order chi connectivity index (χ1) is 9.71. The molecule has 118 valence electrons. The minimum atomic E-state index is -3.35. The Balaban J connectivity index is 2.32. The number of aliphatic hydroxyl groups is 1. The van der Waals surface area contributed by atoms with Crippen LogP contribution in [0.3, 0.4) is 0 Å². The SMILES string of the molecule is CC(C)(C)CCS(=O)(=O)N1CCCC(O)c2ccccc21. The number of anilines is 1. The molecule has 4 nitrogen and oxygen atoms in total. The van der Waals surface area contributed by atoms with Crippen LogP contribution in [-0.4, -0.2) is 25.8 Å². The lowest BCUT2D eigenvalue weighted by Gasteiger charge is -2.26. The predicted molar refractivity (Wildman–Crippen MR) is 85.8 cm³/mol. The molecule has 0 spiro atoms. The zero-order valence-electron chi connectivity index (χ0n) is 13.0. The zero-order chi connectivity index (χ0) is 15.7. The van der Waals surface area contributed by atoms with Gasteiger partial charge in [0, 0.05) is 12.1 Å². The molecule has 0 fully saturated rings. The molecule has 1 N–H and O–H groups in total. The van der Waals surface area contributed by atoms with Gasteiger partial charge in [0.1, 0.15) is 0 Å². The molecule has 1 aromatic rings. The summed E-state index contributed by atoms with van der Waals surface area (Å²) in [5.41, 5.74) is 1.34. The maximum absolute atomic E-state index is 12.7. The van der Waals surface area contributed by atoms with Crippen molar-refractivity contribution in [1.29, 1.82) is 0 Å². The second-order valence-corrected chi connectivity index (χ2v) is 8.93. The second-order valence-electron chi connectivity index (χ2n) is 6.92. The maximum Gasteiger partial charge on any atom is 0.235 e. The Hall–Kier alpha value is -1.07. The van der Waals surface area contributed by atoms with Crippen molar-refractivity contribution < 1.29 is 13.5 Å². The molecule has 0 aliphatic carbocycles. The average molecular weight is 311 g/mol. The van der Waals surface area contributed by atoms with Gasteiger partial charge in [0.2, 0.25) is 10.0 Å². The summed E-state index contributed by atoms with van der Waals surface area (Å²) in [6.07, 6.45) is 1.31. The van der Waals surface area contributed by atoms with E-state index in [-0.39, 0.29) is 11.2 Å². The monoisotopic (exact) mass is 311 g/mol. The summed E-state index contributed by atoms with van der Waals surface area (Å²) in [4.78, 5) is 0. The number of hydrogen-bond acceptors (Lipinski definition) is 3. The first-order valence-corrected chi connectivity index (χ1v) is 9.09. The number of hydrogen-bond donors (Lipinski definition) is 1. The van der Waals surface area contributed by atoms with E-state index >= 15 is 0 Å². The summed E-state index contributed by atoms with van der Waals surface area (Å²) in [6, 6.07) is 7.27. The Morgan fingerprint density at radius 2 is 1.95 bits per heavy atom. The highest BCUT2D eigenvalue weighted by atomic mass is 32.2. The van der Waals surface area contributed by atoms with E-state index in [2.05, 4.69) is 0 Å². The smallest absolute Gasteiger partial charge is 0.235 e. The van der Waals surface area contributed by atoms with Crippen molar-refractivity contribution in [3.05, 3.63) is 29.8 Å². The molecule has 0 saturated heterocycles. The molecule has 1 heterocycles. The summed E-state index contributed by atoms with van der Waals surface area (Å²) < 4.78 is 26.9. The Bertz CT molecular complexity index is 590. The number of nitrogens with zero attached hydrogens (tertiary/aromatic N) is 1. The van der Waals surface area contributed by atoms with Crippen LogP contribution in [0.4, 0.5) is 5.69 Å². The van der Waals surface area contributed by atoms with Crippen molar-refractivity contribution in [2.45, 2.75) is 46.1 Å². The second kappa shape index (κ2) is 5.97. The summed E-state index contributed by atoms with van der Waals surface area (Å²) in [5.74, 6) is 0.140. The van der Waals surface area contributed by atoms with Crippen LogP contribution < -0.4 is 4.31 Å². The highest BCUT2D eigenvalue weighted by molar-refractivity contribution is 7.92. The number of fused-ring (bicyclic) bond motifs is 1. The number of para-hydroxylation sites is 1. The fourth-order valence-corrected chi connectivity index (χ4v) is 4.50. The van der Waals surface area contributed by atoms with Crippen LogP contribution in [0.5, 0.6) is 0 Å². The summed E-state index contributed by atoms with van der Waals surface area (Å²) in [7, 11) is -3.35. The van der Waals surface area contributed by atoms with Crippen molar-refractivity contribution in [1.82, 2.24) is 0 Å². The van der Waals surface area contributed by atoms with Gasteiger partial charge in [-0.2, -0.15) is 0 Å². The van der Waals surface area contributed by atoms with Crippen molar-refractivity contribution in [2.75, 3.05) is 16.6 Å². The number of aliphatic hydroxyl groups excluding tert-OH is 1. The number of sulfonamides is 1. The van der Waals surface area contributed by atoms with E-state index in [9.17, 15) is 13.5 Å². The first kappa shape index (κ1) is 16.3. The van der Waals surface area contributed by atoms with Crippen LogP contribution in [0.25, 0.3) is 0 Å². The molecule has 1 aromatic carbocycles. The molecule has 1 aliphatic heterocycles. The maximum atomic E-state index is 12.7. The van der Waals surface area contributed by atoms with Gasteiger partial charge in [0.15, 0.2) is 0 Å². The highest BCUT2D eigenvalue weighted by Crippen LogP contribution is 2.34. The third kappa shape index (κ3) is 3.98. The van der Waals surface area contributed by atoms with Crippen LogP contribution in [0.1, 0.15) is 51.7 Å². The Morgan fingerprint density at radius 3 is 2.62 bits per heavy atom. The van der Waals surface area contributed by atoms with E-state index < -0.39 is 16.1 Å². The van der Waals surface area contributed by atoms with Crippen molar-refractivity contribution in [3.8, 4) is 0 Å². The predicted octanol–water partition coefficient (Wildman–Crippen LogP) is 3.09. The lowest BCUT2D eigenvalue weighted by atomic mass is 9.94. The van der Waals surface area contributed by atoms with Gasteiger partial charge in [-0.1, -0.05) is 39.0 Å². The van der Waals surface area contributed by atoms with Gasteiger partial charge in [0.05, 0.1) is 17.5 Å². The topological polar surface area (TPSA) is 57.6 Å².